The van der Waals surface area contributed by atoms with Crippen molar-refractivity contribution in [1.82, 2.24) is 4.90 Å². The molecule has 0 spiro atoms. The van der Waals surface area contributed by atoms with Crippen molar-refractivity contribution in [3.63, 3.8) is 0 Å². The van der Waals surface area contributed by atoms with E-state index >= 15 is 0 Å². The molecule has 0 atom stereocenters. The van der Waals surface area contributed by atoms with Gasteiger partial charge in [0.25, 0.3) is 0 Å². The summed E-state index contributed by atoms with van der Waals surface area (Å²) in [5, 5.41) is 17.2. The van der Waals surface area contributed by atoms with Gasteiger partial charge < -0.3 is 10.0 Å². The molecule has 1 aromatic carbocycles. The summed E-state index contributed by atoms with van der Waals surface area (Å²) in [5.41, 5.74) is 1.51. The van der Waals surface area contributed by atoms with Crippen molar-refractivity contribution < 1.29 is 14.7 Å². The highest BCUT2D eigenvalue weighted by atomic mass is 32.2. The Morgan fingerprint density at radius 1 is 1.32 bits per heavy atom. The summed E-state index contributed by atoms with van der Waals surface area (Å²) in [5.74, 6) is -0.960. The SMILES string of the molecule is CN(Cc1ccc(C#N)cc1)C(=O)CSCC(=O)O. The Morgan fingerprint density at radius 3 is 2.47 bits per heavy atom. The molecule has 6 heteroatoms. The molecule has 1 aromatic rings. The number of rotatable bonds is 6. The zero-order valence-corrected chi connectivity index (χ0v) is 11.3. The van der Waals surface area contributed by atoms with Crippen molar-refractivity contribution in [3.05, 3.63) is 35.4 Å². The van der Waals surface area contributed by atoms with E-state index in [2.05, 4.69) is 0 Å². The van der Waals surface area contributed by atoms with Gasteiger partial charge in [0.15, 0.2) is 0 Å². The number of carbonyl (C=O) groups is 2. The summed E-state index contributed by atoms with van der Waals surface area (Å²) < 4.78 is 0. The molecule has 0 heterocycles. The van der Waals surface area contributed by atoms with E-state index in [4.69, 9.17) is 10.4 Å². The number of benzene rings is 1. The lowest BCUT2D eigenvalue weighted by Gasteiger charge is -2.16. The van der Waals surface area contributed by atoms with Gasteiger partial charge in [-0.05, 0) is 17.7 Å². The number of amides is 1. The molecular formula is C13H14N2O3S. The van der Waals surface area contributed by atoms with Gasteiger partial charge in [0.05, 0.1) is 23.1 Å². The maximum absolute atomic E-state index is 11.7. The number of thioether (sulfide) groups is 1. The molecule has 0 fully saturated rings. The molecule has 0 saturated carbocycles. The molecule has 0 aliphatic rings. The van der Waals surface area contributed by atoms with Gasteiger partial charge in [0, 0.05) is 13.6 Å². The van der Waals surface area contributed by atoms with Crippen molar-refractivity contribution in [2.24, 2.45) is 0 Å². The minimum absolute atomic E-state index is 0.0730. The second kappa shape index (κ2) is 7.44. The molecule has 1 amide bonds. The number of aliphatic carboxylic acids is 1. The van der Waals surface area contributed by atoms with E-state index in [1.165, 1.54) is 4.90 Å². The molecular weight excluding hydrogens is 264 g/mol. The Kier molecular flexibility index (Phi) is 5.90. The Balaban J connectivity index is 2.44. The molecule has 0 aliphatic carbocycles. The van der Waals surface area contributed by atoms with E-state index < -0.39 is 5.97 Å². The van der Waals surface area contributed by atoms with Gasteiger partial charge in [-0.15, -0.1) is 11.8 Å². The molecule has 100 valence electrons. The average molecular weight is 278 g/mol. The van der Waals surface area contributed by atoms with E-state index in [1.54, 1.807) is 31.3 Å². The minimum Gasteiger partial charge on any atom is -0.481 e. The Labute approximate surface area is 115 Å². The van der Waals surface area contributed by atoms with Crippen LogP contribution in [-0.4, -0.2) is 40.4 Å². The minimum atomic E-state index is -0.924. The van der Waals surface area contributed by atoms with Crippen molar-refractivity contribution in [2.45, 2.75) is 6.54 Å². The van der Waals surface area contributed by atoms with Crippen molar-refractivity contribution in [1.29, 1.82) is 5.26 Å². The van der Waals surface area contributed by atoms with Gasteiger partial charge in [-0.2, -0.15) is 5.26 Å². The van der Waals surface area contributed by atoms with Crippen LogP contribution in [0.25, 0.3) is 0 Å². The summed E-state index contributed by atoms with van der Waals surface area (Å²) >= 11 is 1.08. The molecule has 1 N–H and O–H groups in total. The van der Waals surface area contributed by atoms with Crippen LogP contribution in [0.2, 0.25) is 0 Å². The summed E-state index contributed by atoms with van der Waals surface area (Å²) in [7, 11) is 1.67. The Morgan fingerprint density at radius 2 is 1.95 bits per heavy atom. The van der Waals surface area contributed by atoms with Gasteiger partial charge in [0.2, 0.25) is 5.91 Å². The molecule has 0 saturated heterocycles. The van der Waals surface area contributed by atoms with Crippen LogP contribution in [0.15, 0.2) is 24.3 Å². The first-order chi connectivity index (χ1) is 9.02. The van der Waals surface area contributed by atoms with Crippen molar-refractivity contribution >= 4 is 23.6 Å². The van der Waals surface area contributed by atoms with Crippen LogP contribution in [0, 0.1) is 11.3 Å². The maximum Gasteiger partial charge on any atom is 0.313 e. The van der Waals surface area contributed by atoms with Crippen LogP contribution in [0.1, 0.15) is 11.1 Å². The van der Waals surface area contributed by atoms with Gasteiger partial charge in [0.1, 0.15) is 0 Å². The van der Waals surface area contributed by atoms with Gasteiger partial charge in [-0.25, -0.2) is 0 Å². The smallest absolute Gasteiger partial charge is 0.313 e. The van der Waals surface area contributed by atoms with Crippen LogP contribution < -0.4 is 0 Å². The number of hydrogen-bond acceptors (Lipinski definition) is 4. The first kappa shape index (κ1) is 15.1. The molecule has 19 heavy (non-hydrogen) atoms. The largest absolute Gasteiger partial charge is 0.481 e. The molecule has 0 aromatic heterocycles. The third-order valence-corrected chi connectivity index (χ3v) is 3.28. The average Bonchev–Trinajstić information content (AvgIpc) is 2.39. The summed E-state index contributed by atoms with van der Waals surface area (Å²) in [6, 6.07) is 9.03. The predicted octanol–water partition coefficient (Wildman–Crippen LogP) is 1.33. The normalized spacial score (nSPS) is 9.68. The van der Waals surface area contributed by atoms with Gasteiger partial charge >= 0.3 is 5.97 Å². The molecule has 0 radical (unpaired) electrons. The van der Waals surface area contributed by atoms with Crippen molar-refractivity contribution in [2.75, 3.05) is 18.6 Å². The number of carboxylic acids is 1. The third kappa shape index (κ3) is 5.44. The third-order valence-electron chi connectivity index (χ3n) is 2.38. The first-order valence-corrected chi connectivity index (χ1v) is 6.71. The van der Waals surface area contributed by atoms with E-state index in [0.29, 0.717) is 12.1 Å². The number of nitriles is 1. The van der Waals surface area contributed by atoms with E-state index in [-0.39, 0.29) is 17.4 Å². The van der Waals surface area contributed by atoms with Crippen LogP contribution in [0.4, 0.5) is 0 Å². The zero-order valence-electron chi connectivity index (χ0n) is 10.5. The highest BCUT2D eigenvalue weighted by Crippen LogP contribution is 2.08. The second-order valence-electron chi connectivity index (χ2n) is 3.95. The van der Waals surface area contributed by atoms with Crippen molar-refractivity contribution in [3.8, 4) is 6.07 Å². The molecule has 0 bridgehead atoms. The lowest BCUT2D eigenvalue weighted by atomic mass is 10.1. The maximum atomic E-state index is 11.7. The fourth-order valence-electron chi connectivity index (χ4n) is 1.38. The molecule has 0 unspecified atom stereocenters. The van der Waals surface area contributed by atoms with E-state index in [0.717, 1.165) is 17.3 Å². The topological polar surface area (TPSA) is 81.4 Å². The fourth-order valence-corrected chi connectivity index (χ4v) is 2.05. The molecule has 5 nitrogen and oxygen atoms in total. The zero-order chi connectivity index (χ0) is 14.3. The van der Waals surface area contributed by atoms with Crippen LogP contribution in [0.3, 0.4) is 0 Å². The lowest BCUT2D eigenvalue weighted by Crippen LogP contribution is -2.28. The van der Waals surface area contributed by atoms with Crippen LogP contribution in [-0.2, 0) is 16.1 Å². The van der Waals surface area contributed by atoms with E-state index in [9.17, 15) is 9.59 Å². The Hall–Kier alpha value is -2.00. The fraction of sp³-hybridized carbons (Fsp3) is 0.308. The van der Waals surface area contributed by atoms with E-state index in [1.807, 2.05) is 6.07 Å². The van der Waals surface area contributed by atoms with Crippen LogP contribution in [0.5, 0.6) is 0 Å². The van der Waals surface area contributed by atoms with Crippen LogP contribution >= 0.6 is 11.8 Å². The molecule has 1 rings (SSSR count). The highest BCUT2D eigenvalue weighted by molar-refractivity contribution is 8.00. The summed E-state index contributed by atoms with van der Waals surface area (Å²) in [6.07, 6.45) is 0. The highest BCUT2D eigenvalue weighted by Gasteiger charge is 2.10. The first-order valence-electron chi connectivity index (χ1n) is 5.55. The quantitative estimate of drug-likeness (QED) is 0.849. The number of hydrogen-bond donors (Lipinski definition) is 1. The van der Waals surface area contributed by atoms with Gasteiger partial charge in [-0.1, -0.05) is 12.1 Å². The number of nitrogens with zero attached hydrogens (tertiary/aromatic N) is 2. The number of carboxylic acid groups (broad SMARTS) is 1. The Bertz CT molecular complexity index is 494. The monoisotopic (exact) mass is 278 g/mol. The summed E-state index contributed by atoms with van der Waals surface area (Å²) in [6.45, 7) is 0.443. The second-order valence-corrected chi connectivity index (χ2v) is 4.93. The standard InChI is InChI=1S/C13H14N2O3S/c1-15(12(16)8-19-9-13(17)18)7-11-4-2-10(6-14)3-5-11/h2-5H,7-9H2,1H3,(H,17,18). The molecule has 0 aliphatic heterocycles. The number of carbonyl (C=O) groups excluding carboxylic acids is 1. The lowest BCUT2D eigenvalue weighted by molar-refractivity contribution is -0.133. The summed E-state index contributed by atoms with van der Waals surface area (Å²) in [4.78, 5) is 23.6. The van der Waals surface area contributed by atoms with Gasteiger partial charge in [-0.3, -0.25) is 9.59 Å². The predicted molar refractivity (Wildman–Crippen MR) is 72.6 cm³/mol.